The zero-order valence-electron chi connectivity index (χ0n) is 20.3. The van der Waals surface area contributed by atoms with Crippen LogP contribution in [0.2, 0.25) is 0 Å². The van der Waals surface area contributed by atoms with Crippen LogP contribution >= 0.6 is 0 Å². The minimum Gasteiger partial charge on any atom is -0.489 e. The summed E-state index contributed by atoms with van der Waals surface area (Å²) in [7, 11) is 1.38. The largest absolute Gasteiger partial charge is 0.489 e. The number of carbonyl (C=O) groups is 1. The Labute approximate surface area is 190 Å². The van der Waals surface area contributed by atoms with Gasteiger partial charge in [0.05, 0.1) is 20.3 Å². The maximum absolute atomic E-state index is 11.6. The van der Waals surface area contributed by atoms with Gasteiger partial charge < -0.3 is 14.2 Å². The molecule has 1 rings (SSSR count). The summed E-state index contributed by atoms with van der Waals surface area (Å²) in [6.07, 6.45) is 17.9. The van der Waals surface area contributed by atoms with Crippen LogP contribution < -0.4 is 9.47 Å². The molecular weight excluding hydrogens is 388 g/mol. The standard InChI is InChI=1S/C27H44O4/c1-5-7-9-11-13-15-21-30-26-23(3)17-18-24(19-20-25(28)29-4)27(26)31-22-16-14-12-10-8-6-2/h17-20H,5-16,21-22H2,1-4H3/b20-19+. The lowest BCUT2D eigenvalue weighted by molar-refractivity contribution is -0.134. The van der Waals surface area contributed by atoms with E-state index < -0.39 is 0 Å². The van der Waals surface area contributed by atoms with Crippen molar-refractivity contribution >= 4 is 12.0 Å². The van der Waals surface area contributed by atoms with Crippen LogP contribution in [0.3, 0.4) is 0 Å². The molecule has 31 heavy (non-hydrogen) atoms. The Hall–Kier alpha value is -1.97. The van der Waals surface area contributed by atoms with Crippen LogP contribution in [0.15, 0.2) is 18.2 Å². The lowest BCUT2D eigenvalue weighted by atomic mass is 10.1. The van der Waals surface area contributed by atoms with Crippen molar-refractivity contribution in [1.82, 2.24) is 0 Å². The summed E-state index contributed by atoms with van der Waals surface area (Å²) in [4.78, 5) is 11.6. The van der Waals surface area contributed by atoms with Crippen LogP contribution in [0.5, 0.6) is 11.5 Å². The molecule has 176 valence electrons. The number of unbranched alkanes of at least 4 members (excludes halogenated alkanes) is 10. The number of ether oxygens (including phenoxy) is 3. The third kappa shape index (κ3) is 11.9. The number of methoxy groups -OCH3 is 1. The average molecular weight is 433 g/mol. The van der Waals surface area contributed by atoms with E-state index in [1.165, 1.54) is 77.4 Å². The molecule has 0 aliphatic carbocycles. The SMILES string of the molecule is CCCCCCCCOc1c(C)ccc(/C=C/C(=O)OC)c1OCCCCCCCC. The Kier molecular flexibility index (Phi) is 15.4. The van der Waals surface area contributed by atoms with Gasteiger partial charge in [-0.1, -0.05) is 90.2 Å². The van der Waals surface area contributed by atoms with Crippen molar-refractivity contribution in [2.24, 2.45) is 0 Å². The Balaban J connectivity index is 2.75. The van der Waals surface area contributed by atoms with Gasteiger partial charge in [0.1, 0.15) is 0 Å². The Morgan fingerprint density at radius 3 is 1.84 bits per heavy atom. The highest BCUT2D eigenvalue weighted by atomic mass is 16.5. The molecule has 4 heteroatoms. The van der Waals surface area contributed by atoms with Gasteiger partial charge in [-0.25, -0.2) is 4.79 Å². The van der Waals surface area contributed by atoms with Crippen LogP contribution in [-0.2, 0) is 9.53 Å². The fourth-order valence-corrected chi connectivity index (χ4v) is 3.47. The second-order valence-corrected chi connectivity index (χ2v) is 8.22. The highest BCUT2D eigenvalue weighted by Crippen LogP contribution is 2.36. The summed E-state index contributed by atoms with van der Waals surface area (Å²) in [5.41, 5.74) is 1.90. The number of rotatable bonds is 18. The molecule has 0 radical (unpaired) electrons. The van der Waals surface area contributed by atoms with Crippen molar-refractivity contribution < 1.29 is 19.0 Å². The van der Waals surface area contributed by atoms with E-state index in [1.807, 2.05) is 19.1 Å². The van der Waals surface area contributed by atoms with Crippen LogP contribution in [0.4, 0.5) is 0 Å². The third-order valence-electron chi connectivity index (χ3n) is 5.43. The molecule has 1 aromatic carbocycles. The predicted octanol–water partition coefficient (Wildman–Crippen LogP) is 7.66. The summed E-state index contributed by atoms with van der Waals surface area (Å²) in [6.45, 7) is 7.85. The van der Waals surface area contributed by atoms with Gasteiger partial charge in [0.15, 0.2) is 11.5 Å². The summed E-state index contributed by atoms with van der Waals surface area (Å²) < 4.78 is 17.1. The molecule has 0 heterocycles. The smallest absolute Gasteiger partial charge is 0.330 e. The fraction of sp³-hybridized carbons (Fsp3) is 0.667. The van der Waals surface area contributed by atoms with Crippen LogP contribution in [0.25, 0.3) is 6.08 Å². The van der Waals surface area contributed by atoms with Crippen molar-refractivity contribution in [3.8, 4) is 11.5 Å². The van der Waals surface area contributed by atoms with E-state index >= 15 is 0 Å². The molecule has 0 spiro atoms. The van der Waals surface area contributed by atoms with Gasteiger partial charge in [-0.2, -0.15) is 0 Å². The fourth-order valence-electron chi connectivity index (χ4n) is 3.47. The van der Waals surface area contributed by atoms with E-state index in [0.29, 0.717) is 13.2 Å². The molecule has 0 fully saturated rings. The topological polar surface area (TPSA) is 44.8 Å². The van der Waals surface area contributed by atoms with Crippen LogP contribution in [0, 0.1) is 6.92 Å². The minimum atomic E-state index is -0.378. The van der Waals surface area contributed by atoms with Gasteiger partial charge in [0.25, 0.3) is 0 Å². The van der Waals surface area contributed by atoms with E-state index in [0.717, 1.165) is 35.5 Å². The monoisotopic (exact) mass is 432 g/mol. The third-order valence-corrected chi connectivity index (χ3v) is 5.43. The molecular formula is C27H44O4. The van der Waals surface area contributed by atoms with Crippen molar-refractivity contribution in [1.29, 1.82) is 0 Å². The van der Waals surface area contributed by atoms with Crippen LogP contribution in [-0.4, -0.2) is 26.3 Å². The molecule has 0 unspecified atom stereocenters. The van der Waals surface area contributed by atoms with E-state index in [9.17, 15) is 4.79 Å². The summed E-state index contributed by atoms with van der Waals surface area (Å²) in [5, 5.41) is 0. The predicted molar refractivity (Wildman–Crippen MR) is 130 cm³/mol. The van der Waals surface area contributed by atoms with E-state index in [4.69, 9.17) is 14.2 Å². The molecule has 0 amide bonds. The van der Waals surface area contributed by atoms with Gasteiger partial charge in [0, 0.05) is 11.6 Å². The van der Waals surface area contributed by atoms with E-state index in [2.05, 4.69) is 13.8 Å². The zero-order valence-corrected chi connectivity index (χ0v) is 20.3. The molecule has 1 aromatic rings. The van der Waals surface area contributed by atoms with Gasteiger partial charge in [-0.15, -0.1) is 0 Å². The zero-order chi connectivity index (χ0) is 22.7. The first kappa shape index (κ1) is 27.1. The second kappa shape index (κ2) is 17.7. The lowest BCUT2D eigenvalue weighted by Gasteiger charge is -2.17. The molecule has 0 saturated heterocycles. The van der Waals surface area contributed by atoms with Crippen molar-refractivity contribution in [2.45, 2.75) is 97.8 Å². The highest BCUT2D eigenvalue weighted by molar-refractivity contribution is 5.87. The van der Waals surface area contributed by atoms with Gasteiger partial charge in [0.2, 0.25) is 0 Å². The van der Waals surface area contributed by atoms with Crippen molar-refractivity contribution in [2.75, 3.05) is 20.3 Å². The highest BCUT2D eigenvalue weighted by Gasteiger charge is 2.14. The maximum Gasteiger partial charge on any atom is 0.330 e. The summed E-state index contributed by atoms with van der Waals surface area (Å²) >= 11 is 0. The molecule has 0 N–H and O–H groups in total. The first-order chi connectivity index (χ1) is 15.1. The Bertz CT molecular complexity index is 636. The average Bonchev–Trinajstić information content (AvgIpc) is 2.78. The summed E-state index contributed by atoms with van der Waals surface area (Å²) in [6, 6.07) is 3.99. The number of carbonyl (C=O) groups excluding carboxylic acids is 1. The normalized spacial score (nSPS) is 11.1. The van der Waals surface area contributed by atoms with Gasteiger partial charge in [-0.05, 0) is 31.4 Å². The molecule has 0 aromatic heterocycles. The van der Waals surface area contributed by atoms with Crippen molar-refractivity contribution in [3.63, 3.8) is 0 Å². The number of esters is 1. The lowest BCUT2D eigenvalue weighted by Crippen LogP contribution is -2.06. The summed E-state index contributed by atoms with van der Waals surface area (Å²) in [5.74, 6) is 1.16. The maximum atomic E-state index is 11.6. The Morgan fingerprint density at radius 2 is 1.29 bits per heavy atom. The number of hydrogen-bond donors (Lipinski definition) is 0. The second-order valence-electron chi connectivity index (χ2n) is 8.22. The first-order valence-corrected chi connectivity index (χ1v) is 12.3. The molecule has 0 atom stereocenters. The number of aryl methyl sites for hydroxylation is 1. The molecule has 4 nitrogen and oxygen atoms in total. The van der Waals surface area contributed by atoms with Gasteiger partial charge in [-0.3, -0.25) is 0 Å². The van der Waals surface area contributed by atoms with Crippen molar-refractivity contribution in [3.05, 3.63) is 29.3 Å². The minimum absolute atomic E-state index is 0.378. The van der Waals surface area contributed by atoms with Gasteiger partial charge >= 0.3 is 5.97 Å². The van der Waals surface area contributed by atoms with E-state index in [-0.39, 0.29) is 5.97 Å². The molecule has 0 saturated carbocycles. The molecule has 0 aliphatic rings. The van der Waals surface area contributed by atoms with E-state index in [1.54, 1.807) is 6.08 Å². The number of hydrogen-bond acceptors (Lipinski definition) is 4. The van der Waals surface area contributed by atoms with Crippen LogP contribution in [0.1, 0.15) is 102 Å². The quantitative estimate of drug-likeness (QED) is 0.136. The number of benzene rings is 1. The Morgan fingerprint density at radius 1 is 0.774 bits per heavy atom. The first-order valence-electron chi connectivity index (χ1n) is 12.3. The molecule has 0 aliphatic heterocycles. The molecule has 0 bridgehead atoms.